The average Bonchev–Trinajstić information content (AvgIpc) is 1.83. The third-order valence-corrected chi connectivity index (χ3v) is 1.81. The topological polar surface area (TPSA) is 55.1 Å². The number of carbonyl (C=O) groups excluding carboxylic acids is 1. The van der Waals surface area contributed by atoms with E-state index in [1.807, 2.05) is 6.92 Å². The predicted octanol–water partition coefficient (Wildman–Crippen LogP) is -0.530. The monoisotopic (exact) mass is 128 g/mol. The molecule has 1 fully saturated rings. The van der Waals surface area contributed by atoms with Crippen molar-refractivity contribution in [2.75, 3.05) is 6.54 Å². The van der Waals surface area contributed by atoms with E-state index in [2.05, 4.69) is 5.32 Å². The fraction of sp³-hybridized carbons (Fsp3) is 0.833. The summed E-state index contributed by atoms with van der Waals surface area (Å²) >= 11 is 0. The van der Waals surface area contributed by atoms with Crippen molar-refractivity contribution in [3.63, 3.8) is 0 Å². The first-order valence-electron chi connectivity index (χ1n) is 3.25. The Kier molecular flexibility index (Phi) is 1.71. The van der Waals surface area contributed by atoms with Gasteiger partial charge in [-0.3, -0.25) is 4.79 Å². The average molecular weight is 128 g/mol. The zero-order valence-electron chi connectivity index (χ0n) is 5.55. The van der Waals surface area contributed by atoms with Crippen LogP contribution in [0, 0.1) is 5.92 Å². The lowest BCUT2D eigenvalue weighted by molar-refractivity contribution is -0.124. The van der Waals surface area contributed by atoms with Crippen LogP contribution < -0.4 is 11.1 Å². The zero-order valence-corrected chi connectivity index (χ0v) is 5.55. The lowest BCUT2D eigenvalue weighted by atomic mass is 9.95. The summed E-state index contributed by atoms with van der Waals surface area (Å²) in [4.78, 5) is 10.8. The molecule has 52 valence electrons. The van der Waals surface area contributed by atoms with Gasteiger partial charge in [-0.05, 0) is 12.3 Å². The molecule has 0 radical (unpaired) electrons. The Bertz CT molecular complexity index is 124. The summed E-state index contributed by atoms with van der Waals surface area (Å²) in [5, 5.41) is 2.70. The third-order valence-electron chi connectivity index (χ3n) is 1.81. The van der Waals surface area contributed by atoms with E-state index in [1.165, 1.54) is 0 Å². The van der Waals surface area contributed by atoms with Gasteiger partial charge in [0.05, 0.1) is 6.04 Å². The summed E-state index contributed by atoms with van der Waals surface area (Å²) in [6, 6.07) is -0.279. The second-order valence-electron chi connectivity index (χ2n) is 2.58. The molecule has 2 atom stereocenters. The Balaban J connectivity index is 2.51. The van der Waals surface area contributed by atoms with Gasteiger partial charge in [-0.1, -0.05) is 6.92 Å². The number of hydrogen-bond donors (Lipinski definition) is 2. The van der Waals surface area contributed by atoms with Gasteiger partial charge in [0.2, 0.25) is 5.91 Å². The number of piperidine rings is 1. The van der Waals surface area contributed by atoms with Crippen molar-refractivity contribution in [1.82, 2.24) is 5.32 Å². The summed E-state index contributed by atoms with van der Waals surface area (Å²) in [6.45, 7) is 2.79. The molecule has 0 bridgehead atoms. The molecule has 3 heteroatoms. The van der Waals surface area contributed by atoms with E-state index in [4.69, 9.17) is 5.73 Å². The first-order valence-corrected chi connectivity index (χ1v) is 3.25. The van der Waals surface area contributed by atoms with Gasteiger partial charge in [0.1, 0.15) is 0 Å². The first-order chi connectivity index (χ1) is 4.22. The van der Waals surface area contributed by atoms with E-state index in [-0.39, 0.29) is 11.9 Å². The molecule has 0 spiro atoms. The van der Waals surface area contributed by atoms with Gasteiger partial charge in [0, 0.05) is 6.54 Å². The number of rotatable bonds is 0. The minimum atomic E-state index is -0.279. The molecule has 1 aliphatic rings. The Morgan fingerprint density at radius 1 is 1.78 bits per heavy atom. The third kappa shape index (κ3) is 1.21. The maximum absolute atomic E-state index is 10.8. The number of carbonyl (C=O) groups is 1. The first kappa shape index (κ1) is 6.55. The molecule has 1 heterocycles. The molecule has 3 N–H and O–H groups in total. The molecule has 0 unspecified atom stereocenters. The number of nitrogens with two attached hydrogens (primary N) is 1. The molecule has 0 aromatic carbocycles. The Morgan fingerprint density at radius 3 is 2.89 bits per heavy atom. The highest BCUT2D eigenvalue weighted by Gasteiger charge is 2.24. The van der Waals surface area contributed by atoms with Crippen LogP contribution in [0.15, 0.2) is 0 Å². The van der Waals surface area contributed by atoms with E-state index in [0.29, 0.717) is 5.92 Å². The number of hydrogen-bond acceptors (Lipinski definition) is 2. The van der Waals surface area contributed by atoms with E-state index in [9.17, 15) is 4.79 Å². The Morgan fingerprint density at radius 2 is 2.44 bits per heavy atom. The van der Waals surface area contributed by atoms with Crippen LogP contribution in [-0.4, -0.2) is 18.5 Å². The summed E-state index contributed by atoms with van der Waals surface area (Å²) in [5.74, 6) is 0.340. The molecular weight excluding hydrogens is 116 g/mol. The van der Waals surface area contributed by atoms with Crippen LogP contribution in [0.25, 0.3) is 0 Å². The van der Waals surface area contributed by atoms with Crippen LogP contribution in [0.2, 0.25) is 0 Å². The standard InChI is InChI=1S/C6H12N2O/c1-4-2-3-8-6(9)5(4)7/h4-5H,2-3,7H2,1H3,(H,8,9)/t4-,5-/m1/s1. The largest absolute Gasteiger partial charge is 0.355 e. The van der Waals surface area contributed by atoms with E-state index >= 15 is 0 Å². The minimum Gasteiger partial charge on any atom is -0.355 e. The smallest absolute Gasteiger partial charge is 0.237 e. The van der Waals surface area contributed by atoms with Crippen molar-refractivity contribution in [1.29, 1.82) is 0 Å². The van der Waals surface area contributed by atoms with E-state index < -0.39 is 0 Å². The summed E-state index contributed by atoms with van der Waals surface area (Å²) in [7, 11) is 0. The van der Waals surface area contributed by atoms with Crippen molar-refractivity contribution in [3.8, 4) is 0 Å². The normalized spacial score (nSPS) is 36.0. The summed E-state index contributed by atoms with van der Waals surface area (Å²) in [6.07, 6.45) is 1.01. The zero-order chi connectivity index (χ0) is 6.85. The predicted molar refractivity (Wildman–Crippen MR) is 34.8 cm³/mol. The lowest BCUT2D eigenvalue weighted by Gasteiger charge is -2.24. The number of amides is 1. The van der Waals surface area contributed by atoms with Gasteiger partial charge >= 0.3 is 0 Å². The maximum atomic E-state index is 10.8. The van der Waals surface area contributed by atoms with Crippen LogP contribution in [0.3, 0.4) is 0 Å². The quantitative estimate of drug-likeness (QED) is 0.461. The van der Waals surface area contributed by atoms with Gasteiger partial charge < -0.3 is 11.1 Å². The second kappa shape index (κ2) is 2.35. The maximum Gasteiger partial charge on any atom is 0.237 e. The van der Waals surface area contributed by atoms with Crippen LogP contribution in [0.4, 0.5) is 0 Å². The van der Waals surface area contributed by atoms with Crippen LogP contribution in [0.1, 0.15) is 13.3 Å². The van der Waals surface area contributed by atoms with Crippen LogP contribution in [-0.2, 0) is 4.79 Å². The van der Waals surface area contributed by atoms with Gasteiger partial charge in [-0.2, -0.15) is 0 Å². The molecule has 1 rings (SSSR count). The van der Waals surface area contributed by atoms with Crippen molar-refractivity contribution in [2.45, 2.75) is 19.4 Å². The molecule has 0 aromatic heterocycles. The van der Waals surface area contributed by atoms with E-state index in [0.717, 1.165) is 13.0 Å². The van der Waals surface area contributed by atoms with Crippen LogP contribution >= 0.6 is 0 Å². The van der Waals surface area contributed by atoms with Gasteiger partial charge in [-0.25, -0.2) is 0 Å². The SMILES string of the molecule is C[C@@H]1CCNC(=O)[C@@H]1N. The van der Waals surface area contributed by atoms with Crippen molar-refractivity contribution >= 4 is 5.91 Å². The molecular formula is C6H12N2O. The van der Waals surface area contributed by atoms with Crippen LogP contribution in [0.5, 0.6) is 0 Å². The highest BCUT2D eigenvalue weighted by molar-refractivity contribution is 5.82. The van der Waals surface area contributed by atoms with Gasteiger partial charge in [-0.15, -0.1) is 0 Å². The van der Waals surface area contributed by atoms with Crippen molar-refractivity contribution in [3.05, 3.63) is 0 Å². The van der Waals surface area contributed by atoms with E-state index in [1.54, 1.807) is 0 Å². The van der Waals surface area contributed by atoms with Crippen molar-refractivity contribution in [2.24, 2.45) is 11.7 Å². The van der Waals surface area contributed by atoms with Gasteiger partial charge in [0.25, 0.3) is 0 Å². The minimum absolute atomic E-state index is 0.00579. The Hall–Kier alpha value is -0.570. The molecule has 0 aromatic rings. The fourth-order valence-electron chi connectivity index (χ4n) is 0.979. The highest BCUT2D eigenvalue weighted by atomic mass is 16.2. The van der Waals surface area contributed by atoms with Crippen molar-refractivity contribution < 1.29 is 4.79 Å². The fourth-order valence-corrected chi connectivity index (χ4v) is 0.979. The summed E-state index contributed by atoms with van der Waals surface area (Å²) in [5.41, 5.74) is 5.51. The highest BCUT2D eigenvalue weighted by Crippen LogP contribution is 2.08. The molecule has 1 amide bonds. The number of nitrogens with one attached hydrogen (secondary N) is 1. The van der Waals surface area contributed by atoms with Gasteiger partial charge in [0.15, 0.2) is 0 Å². The Labute approximate surface area is 54.6 Å². The molecule has 0 saturated carbocycles. The molecule has 0 aliphatic carbocycles. The molecule has 1 aliphatic heterocycles. The second-order valence-corrected chi connectivity index (χ2v) is 2.58. The summed E-state index contributed by atoms with van der Waals surface area (Å²) < 4.78 is 0. The molecule has 3 nitrogen and oxygen atoms in total. The molecule has 9 heavy (non-hydrogen) atoms. The lowest BCUT2D eigenvalue weighted by Crippen LogP contribution is -2.50. The molecule has 1 saturated heterocycles.